The average Bonchev–Trinajstić information content (AvgIpc) is 2.51. The van der Waals surface area contributed by atoms with Gasteiger partial charge in [0.15, 0.2) is 6.29 Å². The Morgan fingerprint density at radius 2 is 1.96 bits per heavy atom. The van der Waals surface area contributed by atoms with Gasteiger partial charge in [-0.15, -0.1) is 0 Å². The summed E-state index contributed by atoms with van der Waals surface area (Å²) < 4.78 is 12.1. The summed E-state index contributed by atoms with van der Waals surface area (Å²) in [7, 11) is 0. The summed E-state index contributed by atoms with van der Waals surface area (Å²) in [6, 6.07) is 0. The van der Waals surface area contributed by atoms with E-state index in [0.29, 0.717) is 12.1 Å². The van der Waals surface area contributed by atoms with Crippen LogP contribution in [0.15, 0.2) is 23.8 Å². The summed E-state index contributed by atoms with van der Waals surface area (Å²) in [4.78, 5) is 11.7. The van der Waals surface area contributed by atoms with Gasteiger partial charge in [-0.3, -0.25) is 4.79 Å². The van der Waals surface area contributed by atoms with Gasteiger partial charge in [-0.25, -0.2) is 0 Å². The van der Waals surface area contributed by atoms with E-state index in [1.165, 1.54) is 5.57 Å². The Morgan fingerprint density at radius 3 is 2.48 bits per heavy atom. The molecule has 0 radical (unpaired) electrons. The first-order valence-corrected chi connectivity index (χ1v) is 8.61. The molecule has 1 aliphatic rings. The molecule has 1 aliphatic heterocycles. The summed E-state index contributed by atoms with van der Waals surface area (Å²) in [5, 5.41) is 2.82. The topological polar surface area (TPSA) is 47.6 Å². The molecule has 1 amide bonds. The number of amides is 1. The van der Waals surface area contributed by atoms with E-state index in [4.69, 9.17) is 9.47 Å². The Bertz CT molecular complexity index is 454. The lowest BCUT2D eigenvalue weighted by atomic mass is 9.80. The Kier molecular flexibility index (Phi) is 7.49. The first-order valence-electron chi connectivity index (χ1n) is 8.61. The first kappa shape index (κ1) is 19.9. The molecule has 1 heterocycles. The van der Waals surface area contributed by atoms with Crippen LogP contribution in [0.4, 0.5) is 0 Å². The van der Waals surface area contributed by atoms with Gasteiger partial charge in [0.2, 0.25) is 5.91 Å². The second-order valence-electron chi connectivity index (χ2n) is 7.16. The summed E-state index contributed by atoms with van der Waals surface area (Å²) in [5.41, 5.74) is 1.88. The fourth-order valence-electron chi connectivity index (χ4n) is 2.43. The molecular weight excluding hydrogens is 290 g/mol. The minimum atomic E-state index is -0.422. The Hall–Kier alpha value is -1.13. The zero-order valence-electron chi connectivity index (χ0n) is 15.6. The lowest BCUT2D eigenvalue weighted by Crippen LogP contribution is -2.48. The van der Waals surface area contributed by atoms with Crippen LogP contribution in [0.2, 0.25) is 0 Å². The van der Waals surface area contributed by atoms with Gasteiger partial charge in [0.1, 0.15) is 0 Å². The number of allylic oxidation sites excluding steroid dienone is 1. The molecule has 4 nitrogen and oxygen atoms in total. The van der Waals surface area contributed by atoms with Crippen LogP contribution in [0.5, 0.6) is 0 Å². The van der Waals surface area contributed by atoms with Crippen molar-refractivity contribution in [1.82, 2.24) is 5.32 Å². The van der Waals surface area contributed by atoms with E-state index in [1.54, 1.807) is 6.92 Å². The van der Waals surface area contributed by atoms with Gasteiger partial charge in [0.25, 0.3) is 0 Å². The van der Waals surface area contributed by atoms with Gasteiger partial charge >= 0.3 is 0 Å². The molecule has 132 valence electrons. The van der Waals surface area contributed by atoms with E-state index in [9.17, 15) is 4.79 Å². The number of carbonyl (C=O) groups excluding carboxylic acids is 1. The van der Waals surface area contributed by atoms with E-state index < -0.39 is 6.29 Å². The molecule has 1 saturated heterocycles. The third-order valence-corrected chi connectivity index (χ3v) is 4.72. The Morgan fingerprint density at radius 1 is 1.30 bits per heavy atom. The largest absolute Gasteiger partial charge is 0.347 e. The van der Waals surface area contributed by atoms with Crippen LogP contribution in [0.3, 0.4) is 0 Å². The summed E-state index contributed by atoms with van der Waals surface area (Å²) in [6.45, 7) is 16.6. The molecular formula is C19H33NO3. The highest BCUT2D eigenvalue weighted by molar-refractivity contribution is 5.92. The molecule has 0 aromatic heterocycles. The minimum absolute atomic E-state index is 0.0336. The normalized spacial score (nSPS) is 26.0. The maximum atomic E-state index is 11.7. The SMILES string of the molecule is C=C(C)C(=O)NCC1OC(/C=C(/C)CC)CC(C(C)(C)CC)O1. The monoisotopic (exact) mass is 323 g/mol. The highest BCUT2D eigenvalue weighted by atomic mass is 16.7. The molecule has 0 aliphatic carbocycles. The maximum Gasteiger partial charge on any atom is 0.246 e. The van der Waals surface area contributed by atoms with Crippen LogP contribution < -0.4 is 5.32 Å². The first-order chi connectivity index (χ1) is 10.7. The van der Waals surface area contributed by atoms with Crippen LogP contribution >= 0.6 is 0 Å². The standard InChI is InChI=1S/C19H33NO3/c1-8-14(5)10-15-11-16(19(6,7)9-2)23-17(22-15)12-20-18(21)13(3)4/h10,15-17H,3,8-9,11-12H2,1-2,4-7H3,(H,20,21)/b14-10-. The number of carbonyl (C=O) groups is 1. The highest BCUT2D eigenvalue weighted by Gasteiger charge is 2.37. The molecule has 0 bridgehead atoms. The zero-order chi connectivity index (χ0) is 17.6. The molecule has 0 spiro atoms. The third-order valence-electron chi connectivity index (χ3n) is 4.72. The third kappa shape index (κ3) is 6.11. The molecule has 3 unspecified atom stereocenters. The van der Waals surface area contributed by atoms with Crippen molar-refractivity contribution >= 4 is 5.91 Å². The van der Waals surface area contributed by atoms with E-state index in [0.717, 1.165) is 19.3 Å². The maximum absolute atomic E-state index is 11.7. The van der Waals surface area contributed by atoms with Crippen LogP contribution in [-0.4, -0.2) is 30.9 Å². The van der Waals surface area contributed by atoms with Crippen LogP contribution in [0, 0.1) is 5.41 Å². The van der Waals surface area contributed by atoms with Crippen molar-refractivity contribution in [3.05, 3.63) is 23.8 Å². The molecule has 3 atom stereocenters. The molecule has 0 aromatic carbocycles. The lowest BCUT2D eigenvalue weighted by Gasteiger charge is -2.42. The van der Waals surface area contributed by atoms with Crippen LogP contribution in [0.1, 0.15) is 60.8 Å². The molecule has 1 rings (SSSR count). The molecule has 0 aromatic rings. The van der Waals surface area contributed by atoms with Crippen molar-refractivity contribution in [3.63, 3.8) is 0 Å². The minimum Gasteiger partial charge on any atom is -0.347 e. The smallest absolute Gasteiger partial charge is 0.246 e. The summed E-state index contributed by atoms with van der Waals surface area (Å²) in [6.07, 6.45) is 4.81. The predicted octanol–water partition coefficient (Wildman–Crippen LogP) is 3.97. The van der Waals surface area contributed by atoms with Gasteiger partial charge in [-0.1, -0.05) is 45.9 Å². The summed E-state index contributed by atoms with van der Waals surface area (Å²) >= 11 is 0. The molecule has 4 heteroatoms. The number of hydrogen-bond donors (Lipinski definition) is 1. The van der Waals surface area contributed by atoms with Crippen molar-refractivity contribution in [3.8, 4) is 0 Å². The Balaban J connectivity index is 2.80. The fraction of sp³-hybridized carbons (Fsp3) is 0.737. The average molecular weight is 323 g/mol. The summed E-state index contributed by atoms with van der Waals surface area (Å²) in [5.74, 6) is -0.161. The van der Waals surface area contributed by atoms with E-state index >= 15 is 0 Å². The fourth-order valence-corrected chi connectivity index (χ4v) is 2.43. The molecule has 1 fully saturated rings. The second kappa shape index (κ2) is 8.65. The van der Waals surface area contributed by atoms with Crippen LogP contribution in [-0.2, 0) is 14.3 Å². The van der Waals surface area contributed by atoms with Crippen molar-refractivity contribution in [2.45, 2.75) is 79.3 Å². The van der Waals surface area contributed by atoms with Crippen molar-refractivity contribution in [1.29, 1.82) is 0 Å². The van der Waals surface area contributed by atoms with Gasteiger partial charge in [-0.2, -0.15) is 0 Å². The zero-order valence-corrected chi connectivity index (χ0v) is 15.6. The number of rotatable bonds is 7. The van der Waals surface area contributed by atoms with E-state index in [2.05, 4.69) is 52.6 Å². The molecule has 23 heavy (non-hydrogen) atoms. The number of nitrogens with one attached hydrogen (secondary N) is 1. The van der Waals surface area contributed by atoms with Gasteiger partial charge in [-0.05, 0) is 32.1 Å². The lowest BCUT2D eigenvalue weighted by molar-refractivity contribution is -0.251. The molecule has 0 saturated carbocycles. The molecule has 1 N–H and O–H groups in total. The van der Waals surface area contributed by atoms with Crippen molar-refractivity contribution in [2.75, 3.05) is 6.54 Å². The quantitative estimate of drug-likeness (QED) is 0.569. The van der Waals surface area contributed by atoms with E-state index in [-0.39, 0.29) is 23.5 Å². The second-order valence-corrected chi connectivity index (χ2v) is 7.16. The van der Waals surface area contributed by atoms with Gasteiger partial charge in [0.05, 0.1) is 18.8 Å². The predicted molar refractivity (Wildman–Crippen MR) is 94.1 cm³/mol. The van der Waals surface area contributed by atoms with Gasteiger partial charge in [0, 0.05) is 12.0 Å². The number of hydrogen-bond acceptors (Lipinski definition) is 3. The van der Waals surface area contributed by atoms with Gasteiger partial charge < -0.3 is 14.8 Å². The Labute approximate surface area is 141 Å². The number of ether oxygens (including phenoxy) is 2. The van der Waals surface area contributed by atoms with Crippen molar-refractivity contribution < 1.29 is 14.3 Å². The highest BCUT2D eigenvalue weighted by Crippen LogP contribution is 2.35. The van der Waals surface area contributed by atoms with Crippen molar-refractivity contribution in [2.24, 2.45) is 5.41 Å². The van der Waals surface area contributed by atoms with E-state index in [1.807, 2.05) is 0 Å². The van der Waals surface area contributed by atoms with Crippen LogP contribution in [0.25, 0.3) is 0 Å².